The molecule has 0 aliphatic rings. The molecule has 0 atom stereocenters. The van der Waals surface area contributed by atoms with Crippen LogP contribution in [0.2, 0.25) is 0 Å². The van der Waals surface area contributed by atoms with Crippen molar-refractivity contribution in [2.75, 3.05) is 19.0 Å². The van der Waals surface area contributed by atoms with Gasteiger partial charge in [0.15, 0.2) is 5.13 Å². The fraction of sp³-hybridized carbons (Fsp3) is 0.200. The molecular formula is C20H21N3O3S. The maximum absolute atomic E-state index is 12.3. The van der Waals surface area contributed by atoms with Gasteiger partial charge in [-0.3, -0.25) is 4.79 Å². The molecule has 1 heterocycles. The molecule has 1 aromatic heterocycles. The molecule has 0 unspecified atom stereocenters. The Morgan fingerprint density at radius 3 is 2.67 bits per heavy atom. The maximum atomic E-state index is 12.3. The van der Waals surface area contributed by atoms with Gasteiger partial charge in [0.25, 0.3) is 5.91 Å². The summed E-state index contributed by atoms with van der Waals surface area (Å²) in [7, 11) is 1.61. The van der Waals surface area contributed by atoms with Gasteiger partial charge in [-0.15, -0.1) is 11.3 Å². The Labute approximate surface area is 162 Å². The van der Waals surface area contributed by atoms with Gasteiger partial charge in [0.05, 0.1) is 13.7 Å². The molecule has 3 rings (SSSR count). The molecule has 27 heavy (non-hydrogen) atoms. The van der Waals surface area contributed by atoms with E-state index in [1.54, 1.807) is 12.5 Å². The molecule has 1 amide bonds. The second-order valence-corrected chi connectivity index (χ2v) is 6.47. The first-order valence-corrected chi connectivity index (χ1v) is 9.43. The third-order valence-corrected chi connectivity index (χ3v) is 4.54. The number of carbonyl (C=O) groups is 1. The molecule has 0 saturated carbocycles. The van der Waals surface area contributed by atoms with Gasteiger partial charge < -0.3 is 20.1 Å². The van der Waals surface area contributed by atoms with Crippen molar-refractivity contribution in [2.24, 2.45) is 0 Å². The molecular weight excluding hydrogens is 362 g/mol. The molecule has 6 nitrogen and oxygen atoms in total. The van der Waals surface area contributed by atoms with Gasteiger partial charge in [-0.1, -0.05) is 18.2 Å². The van der Waals surface area contributed by atoms with Gasteiger partial charge in [0, 0.05) is 23.2 Å². The standard InChI is InChI=1S/C20H21N3O3S/c1-3-26-16-10-8-15(9-11-16)22-20-23-17(13-27-20)19(24)21-12-14-6-4-5-7-18(14)25-2/h4-11,13H,3,12H2,1-2H3,(H,21,24)(H,22,23). The number of benzene rings is 2. The number of methoxy groups -OCH3 is 1. The maximum Gasteiger partial charge on any atom is 0.271 e. The van der Waals surface area contributed by atoms with Gasteiger partial charge in [0.2, 0.25) is 0 Å². The fourth-order valence-electron chi connectivity index (χ4n) is 2.48. The van der Waals surface area contributed by atoms with Crippen LogP contribution in [0.4, 0.5) is 10.8 Å². The topological polar surface area (TPSA) is 72.5 Å². The van der Waals surface area contributed by atoms with Crippen LogP contribution < -0.4 is 20.1 Å². The summed E-state index contributed by atoms with van der Waals surface area (Å²) < 4.78 is 10.7. The van der Waals surface area contributed by atoms with Crippen molar-refractivity contribution in [3.8, 4) is 11.5 Å². The second-order valence-electron chi connectivity index (χ2n) is 5.61. The third-order valence-electron chi connectivity index (χ3n) is 3.79. The normalized spacial score (nSPS) is 10.3. The lowest BCUT2D eigenvalue weighted by atomic mass is 10.2. The smallest absolute Gasteiger partial charge is 0.271 e. The van der Waals surface area contributed by atoms with Gasteiger partial charge in [0.1, 0.15) is 17.2 Å². The molecule has 0 radical (unpaired) electrons. The average molecular weight is 383 g/mol. The molecule has 0 spiro atoms. The Bertz CT molecular complexity index is 893. The van der Waals surface area contributed by atoms with Crippen LogP contribution >= 0.6 is 11.3 Å². The van der Waals surface area contributed by atoms with Crippen LogP contribution in [-0.4, -0.2) is 24.6 Å². The average Bonchev–Trinajstić information content (AvgIpc) is 3.16. The summed E-state index contributed by atoms with van der Waals surface area (Å²) >= 11 is 1.38. The number of nitrogens with zero attached hydrogens (tertiary/aromatic N) is 1. The van der Waals surface area contributed by atoms with E-state index in [4.69, 9.17) is 9.47 Å². The molecule has 0 aliphatic carbocycles. The quantitative estimate of drug-likeness (QED) is 0.609. The minimum atomic E-state index is -0.225. The highest BCUT2D eigenvalue weighted by atomic mass is 32.1. The lowest BCUT2D eigenvalue weighted by Gasteiger charge is -2.08. The van der Waals surface area contributed by atoms with E-state index in [-0.39, 0.29) is 5.91 Å². The fourth-order valence-corrected chi connectivity index (χ4v) is 3.19. The Balaban J connectivity index is 1.58. The van der Waals surface area contributed by atoms with Crippen molar-refractivity contribution < 1.29 is 14.3 Å². The summed E-state index contributed by atoms with van der Waals surface area (Å²) in [5, 5.41) is 8.45. The number of aromatic nitrogens is 1. The minimum Gasteiger partial charge on any atom is -0.496 e. The van der Waals surface area contributed by atoms with E-state index in [0.717, 1.165) is 22.7 Å². The highest BCUT2D eigenvalue weighted by Gasteiger charge is 2.12. The highest BCUT2D eigenvalue weighted by molar-refractivity contribution is 7.14. The first-order valence-electron chi connectivity index (χ1n) is 8.55. The molecule has 0 bridgehead atoms. The lowest BCUT2D eigenvalue weighted by Crippen LogP contribution is -2.23. The third kappa shape index (κ3) is 4.98. The Kier molecular flexibility index (Phi) is 6.27. The number of para-hydroxylation sites is 1. The van der Waals surface area contributed by atoms with Gasteiger partial charge >= 0.3 is 0 Å². The summed E-state index contributed by atoms with van der Waals surface area (Å²) in [6, 6.07) is 15.2. The molecule has 0 saturated heterocycles. The van der Waals surface area contributed by atoms with Crippen LogP contribution in [-0.2, 0) is 6.54 Å². The number of rotatable bonds is 8. The zero-order chi connectivity index (χ0) is 19.1. The van der Waals surface area contributed by atoms with Crippen LogP contribution in [0.25, 0.3) is 0 Å². The summed E-state index contributed by atoms with van der Waals surface area (Å²) in [5.41, 5.74) is 2.17. The summed E-state index contributed by atoms with van der Waals surface area (Å²) in [6.07, 6.45) is 0. The predicted octanol–water partition coefficient (Wildman–Crippen LogP) is 4.22. The Morgan fingerprint density at radius 2 is 1.93 bits per heavy atom. The van der Waals surface area contributed by atoms with Gasteiger partial charge in [-0.2, -0.15) is 0 Å². The zero-order valence-corrected chi connectivity index (χ0v) is 16.0. The SMILES string of the molecule is CCOc1ccc(Nc2nc(C(=O)NCc3ccccc3OC)cs2)cc1. The number of anilines is 2. The van der Waals surface area contributed by atoms with E-state index in [1.165, 1.54) is 11.3 Å². The van der Waals surface area contributed by atoms with Gasteiger partial charge in [-0.05, 0) is 37.3 Å². The van der Waals surface area contributed by atoms with Crippen LogP contribution in [0.5, 0.6) is 11.5 Å². The molecule has 0 fully saturated rings. The summed E-state index contributed by atoms with van der Waals surface area (Å²) in [4.78, 5) is 16.7. The number of amides is 1. The largest absolute Gasteiger partial charge is 0.496 e. The van der Waals surface area contributed by atoms with Crippen LogP contribution in [0.1, 0.15) is 23.0 Å². The second kappa shape index (κ2) is 9.05. The number of hydrogen-bond donors (Lipinski definition) is 2. The van der Waals surface area contributed by atoms with Crippen molar-refractivity contribution >= 4 is 28.1 Å². The molecule has 2 N–H and O–H groups in total. The number of nitrogens with one attached hydrogen (secondary N) is 2. The highest BCUT2D eigenvalue weighted by Crippen LogP contribution is 2.23. The number of ether oxygens (including phenoxy) is 2. The van der Waals surface area contributed by atoms with Crippen molar-refractivity contribution in [3.63, 3.8) is 0 Å². The van der Waals surface area contributed by atoms with Crippen LogP contribution in [0.3, 0.4) is 0 Å². The molecule has 7 heteroatoms. The zero-order valence-electron chi connectivity index (χ0n) is 15.2. The first-order chi connectivity index (χ1) is 13.2. The molecule has 140 valence electrons. The monoisotopic (exact) mass is 383 g/mol. The van der Waals surface area contributed by atoms with E-state index in [2.05, 4.69) is 15.6 Å². The van der Waals surface area contributed by atoms with E-state index in [1.807, 2.05) is 55.5 Å². The predicted molar refractivity (Wildman–Crippen MR) is 107 cm³/mol. The van der Waals surface area contributed by atoms with Crippen molar-refractivity contribution in [3.05, 3.63) is 65.2 Å². The van der Waals surface area contributed by atoms with Gasteiger partial charge in [-0.25, -0.2) is 4.98 Å². The molecule has 2 aromatic carbocycles. The molecule has 0 aliphatic heterocycles. The van der Waals surface area contributed by atoms with Crippen LogP contribution in [0, 0.1) is 0 Å². The van der Waals surface area contributed by atoms with E-state index in [0.29, 0.717) is 24.0 Å². The minimum absolute atomic E-state index is 0.225. The molecule has 3 aromatic rings. The van der Waals surface area contributed by atoms with E-state index < -0.39 is 0 Å². The van der Waals surface area contributed by atoms with E-state index >= 15 is 0 Å². The Morgan fingerprint density at radius 1 is 1.15 bits per heavy atom. The summed E-state index contributed by atoms with van der Waals surface area (Å²) in [6.45, 7) is 2.96. The Hall–Kier alpha value is -3.06. The number of thiazole rings is 1. The van der Waals surface area contributed by atoms with Crippen molar-refractivity contribution in [1.29, 1.82) is 0 Å². The summed E-state index contributed by atoms with van der Waals surface area (Å²) in [5.74, 6) is 1.34. The van der Waals surface area contributed by atoms with E-state index in [9.17, 15) is 4.79 Å². The number of carbonyl (C=O) groups excluding carboxylic acids is 1. The van der Waals surface area contributed by atoms with Crippen molar-refractivity contribution in [1.82, 2.24) is 10.3 Å². The van der Waals surface area contributed by atoms with Crippen molar-refractivity contribution in [2.45, 2.75) is 13.5 Å². The number of hydrogen-bond acceptors (Lipinski definition) is 6. The first kappa shape index (κ1) is 18.7. The lowest BCUT2D eigenvalue weighted by molar-refractivity contribution is 0.0946. The van der Waals surface area contributed by atoms with Crippen LogP contribution in [0.15, 0.2) is 53.9 Å².